The highest BCUT2D eigenvalue weighted by atomic mass is 32.2. The molecule has 0 atom stereocenters. The van der Waals surface area contributed by atoms with E-state index >= 15 is 0 Å². The standard InChI is InChI=1S/C11H6FN3O5S/c12-6-4-7(15(19)20)5(10(17)18)3-8(6)21-11-13-2-1-9(16)14-11/h1-4H,(H,17,18)(H,13,14,16). The van der Waals surface area contributed by atoms with Crippen molar-refractivity contribution in [2.45, 2.75) is 10.1 Å². The quantitative estimate of drug-likeness (QED) is 0.499. The van der Waals surface area contributed by atoms with Crippen LogP contribution in [0.2, 0.25) is 0 Å². The fourth-order valence-electron chi connectivity index (χ4n) is 1.45. The molecule has 0 unspecified atom stereocenters. The Morgan fingerprint density at radius 2 is 2.19 bits per heavy atom. The van der Waals surface area contributed by atoms with Crippen LogP contribution in [0, 0.1) is 15.9 Å². The van der Waals surface area contributed by atoms with E-state index in [-0.39, 0.29) is 10.1 Å². The molecule has 0 aliphatic heterocycles. The van der Waals surface area contributed by atoms with Crippen LogP contribution in [0.25, 0.3) is 0 Å². The van der Waals surface area contributed by atoms with Gasteiger partial charge in [0.1, 0.15) is 11.4 Å². The molecule has 0 aliphatic rings. The third-order valence-corrected chi connectivity index (χ3v) is 3.27. The molecule has 0 spiro atoms. The lowest BCUT2D eigenvalue weighted by Crippen LogP contribution is -2.06. The molecule has 2 N–H and O–H groups in total. The number of rotatable bonds is 4. The smallest absolute Gasteiger partial charge is 0.342 e. The monoisotopic (exact) mass is 311 g/mol. The predicted octanol–water partition coefficient (Wildman–Crippen LogP) is 1.67. The van der Waals surface area contributed by atoms with Crippen molar-refractivity contribution in [3.05, 3.63) is 56.2 Å². The summed E-state index contributed by atoms with van der Waals surface area (Å²) in [6.45, 7) is 0. The molecule has 0 aliphatic carbocycles. The SMILES string of the molecule is O=C(O)c1cc(Sc2nccc(=O)[nH]2)c(F)cc1[N+](=O)[O-]. The van der Waals surface area contributed by atoms with Crippen LogP contribution in [0.3, 0.4) is 0 Å². The second kappa shape index (κ2) is 5.71. The van der Waals surface area contributed by atoms with E-state index in [1.54, 1.807) is 0 Å². The van der Waals surface area contributed by atoms with Crippen molar-refractivity contribution in [1.82, 2.24) is 9.97 Å². The van der Waals surface area contributed by atoms with Crippen LogP contribution in [0.5, 0.6) is 0 Å². The second-order valence-electron chi connectivity index (χ2n) is 3.70. The maximum Gasteiger partial charge on any atom is 0.342 e. The number of hydrogen-bond acceptors (Lipinski definition) is 6. The van der Waals surface area contributed by atoms with Crippen molar-refractivity contribution in [1.29, 1.82) is 0 Å². The zero-order valence-corrected chi connectivity index (χ0v) is 10.9. The van der Waals surface area contributed by atoms with Gasteiger partial charge in [-0.15, -0.1) is 0 Å². The van der Waals surface area contributed by atoms with Gasteiger partial charge in [-0.1, -0.05) is 0 Å². The number of benzene rings is 1. The molecule has 2 rings (SSSR count). The lowest BCUT2D eigenvalue weighted by Gasteiger charge is -2.04. The highest BCUT2D eigenvalue weighted by Gasteiger charge is 2.23. The van der Waals surface area contributed by atoms with Gasteiger partial charge in [0.25, 0.3) is 11.2 Å². The molecule has 1 heterocycles. The Bertz CT molecular complexity index is 792. The Balaban J connectivity index is 2.50. The van der Waals surface area contributed by atoms with Gasteiger partial charge in [0.2, 0.25) is 0 Å². The Kier molecular flexibility index (Phi) is 3.98. The van der Waals surface area contributed by atoms with Crippen LogP contribution >= 0.6 is 11.8 Å². The third kappa shape index (κ3) is 3.23. The van der Waals surface area contributed by atoms with Crippen molar-refractivity contribution in [3.8, 4) is 0 Å². The molecule has 1 aromatic heterocycles. The van der Waals surface area contributed by atoms with E-state index in [0.717, 1.165) is 12.1 Å². The fourth-order valence-corrected chi connectivity index (χ4v) is 2.26. The molecule has 0 bridgehead atoms. The van der Waals surface area contributed by atoms with Crippen molar-refractivity contribution < 1.29 is 19.2 Å². The number of nitrogens with zero attached hydrogens (tertiary/aromatic N) is 2. The van der Waals surface area contributed by atoms with E-state index in [0.29, 0.717) is 17.8 Å². The van der Waals surface area contributed by atoms with Crippen LogP contribution in [0.15, 0.2) is 39.2 Å². The first-order chi connectivity index (χ1) is 9.88. The maximum absolute atomic E-state index is 13.8. The number of carbonyl (C=O) groups is 1. The second-order valence-corrected chi connectivity index (χ2v) is 4.73. The minimum atomic E-state index is -1.56. The number of aromatic amines is 1. The maximum atomic E-state index is 13.8. The van der Waals surface area contributed by atoms with Gasteiger partial charge in [-0.05, 0) is 17.8 Å². The molecule has 0 fully saturated rings. The summed E-state index contributed by atoms with van der Waals surface area (Å²) in [6, 6.07) is 2.50. The zero-order chi connectivity index (χ0) is 15.6. The topological polar surface area (TPSA) is 126 Å². The summed E-state index contributed by atoms with van der Waals surface area (Å²) < 4.78 is 13.8. The molecule has 10 heteroatoms. The van der Waals surface area contributed by atoms with Gasteiger partial charge < -0.3 is 10.1 Å². The van der Waals surface area contributed by atoms with Crippen molar-refractivity contribution in [3.63, 3.8) is 0 Å². The molecular weight excluding hydrogens is 305 g/mol. The number of H-pyrrole nitrogens is 1. The molecule has 21 heavy (non-hydrogen) atoms. The lowest BCUT2D eigenvalue weighted by molar-refractivity contribution is -0.385. The van der Waals surface area contributed by atoms with Crippen molar-refractivity contribution >= 4 is 23.4 Å². The van der Waals surface area contributed by atoms with Crippen molar-refractivity contribution in [2.75, 3.05) is 0 Å². The molecule has 0 amide bonds. The first-order valence-electron chi connectivity index (χ1n) is 5.33. The van der Waals surface area contributed by atoms with E-state index < -0.39 is 33.5 Å². The van der Waals surface area contributed by atoms with E-state index in [2.05, 4.69) is 9.97 Å². The highest BCUT2D eigenvalue weighted by molar-refractivity contribution is 7.99. The number of carboxylic acids is 1. The van der Waals surface area contributed by atoms with Gasteiger partial charge in [0, 0.05) is 12.3 Å². The normalized spacial score (nSPS) is 10.3. The Labute approximate surface area is 119 Å². The number of nitro groups is 1. The van der Waals surface area contributed by atoms with Gasteiger partial charge >= 0.3 is 5.97 Å². The number of aromatic carboxylic acids is 1. The number of carboxylic acid groups (broad SMARTS) is 1. The number of nitro benzene ring substituents is 1. The first kappa shape index (κ1) is 14.7. The van der Waals surface area contributed by atoms with E-state index in [4.69, 9.17) is 5.11 Å². The largest absolute Gasteiger partial charge is 0.477 e. The van der Waals surface area contributed by atoms with Gasteiger partial charge in [-0.2, -0.15) is 0 Å². The van der Waals surface area contributed by atoms with Gasteiger partial charge in [0.05, 0.1) is 15.9 Å². The predicted molar refractivity (Wildman–Crippen MR) is 69.0 cm³/mol. The Morgan fingerprint density at radius 1 is 1.48 bits per heavy atom. The summed E-state index contributed by atoms with van der Waals surface area (Å²) in [5, 5.41) is 19.7. The highest BCUT2D eigenvalue weighted by Crippen LogP contribution is 2.31. The zero-order valence-electron chi connectivity index (χ0n) is 10.1. The number of hydrogen-bond donors (Lipinski definition) is 2. The molecule has 0 saturated carbocycles. The molecule has 2 aromatic rings. The molecule has 1 aromatic carbocycles. The third-order valence-electron chi connectivity index (χ3n) is 2.33. The summed E-state index contributed by atoms with van der Waals surface area (Å²) in [7, 11) is 0. The van der Waals surface area contributed by atoms with Crippen LogP contribution in [-0.2, 0) is 0 Å². The summed E-state index contributed by atoms with van der Waals surface area (Å²) in [4.78, 5) is 37.7. The lowest BCUT2D eigenvalue weighted by atomic mass is 10.2. The summed E-state index contributed by atoms with van der Waals surface area (Å²) in [6.07, 6.45) is 1.20. The molecular formula is C11H6FN3O5S. The Hall–Kier alpha value is -2.75. The summed E-state index contributed by atoms with van der Waals surface area (Å²) >= 11 is 0.653. The number of halogens is 1. The van der Waals surface area contributed by atoms with Crippen LogP contribution < -0.4 is 5.56 Å². The van der Waals surface area contributed by atoms with Gasteiger partial charge in [-0.25, -0.2) is 14.2 Å². The molecule has 0 saturated heterocycles. The molecule has 108 valence electrons. The summed E-state index contributed by atoms with van der Waals surface area (Å²) in [5.74, 6) is -2.54. The minimum Gasteiger partial charge on any atom is -0.477 e. The molecule has 0 radical (unpaired) electrons. The number of nitrogens with one attached hydrogen (secondary N) is 1. The van der Waals surface area contributed by atoms with Crippen molar-refractivity contribution in [2.24, 2.45) is 0 Å². The van der Waals surface area contributed by atoms with Crippen LogP contribution in [-0.4, -0.2) is 26.0 Å². The summed E-state index contributed by atoms with van der Waals surface area (Å²) in [5.41, 5.74) is -1.96. The fraction of sp³-hybridized carbons (Fsp3) is 0. The van der Waals surface area contributed by atoms with Gasteiger partial charge in [-0.3, -0.25) is 14.9 Å². The Morgan fingerprint density at radius 3 is 2.76 bits per heavy atom. The van der Waals surface area contributed by atoms with E-state index in [1.165, 1.54) is 6.20 Å². The first-order valence-corrected chi connectivity index (χ1v) is 6.14. The van der Waals surface area contributed by atoms with Gasteiger partial charge in [0.15, 0.2) is 5.16 Å². The van der Waals surface area contributed by atoms with Crippen LogP contribution in [0.1, 0.15) is 10.4 Å². The minimum absolute atomic E-state index is 0.0339. The number of aromatic nitrogens is 2. The van der Waals surface area contributed by atoms with E-state index in [9.17, 15) is 24.1 Å². The molecule has 8 nitrogen and oxygen atoms in total. The van der Waals surface area contributed by atoms with E-state index in [1.807, 2.05) is 0 Å². The average molecular weight is 311 g/mol. The van der Waals surface area contributed by atoms with Crippen LogP contribution in [0.4, 0.5) is 10.1 Å². The average Bonchev–Trinajstić information content (AvgIpc) is 2.40.